The van der Waals surface area contributed by atoms with Crippen LogP contribution in [0.5, 0.6) is 0 Å². The monoisotopic (exact) mass is 281 g/mol. The number of para-hydroxylation sites is 1. The first kappa shape index (κ1) is 13.7. The van der Waals surface area contributed by atoms with Crippen LogP contribution < -0.4 is 11.3 Å². The topological polar surface area (TPSA) is 68.8 Å². The predicted molar refractivity (Wildman–Crippen MR) is 83.4 cm³/mol. The minimum atomic E-state index is 0.0121. The fourth-order valence-electron chi connectivity index (χ4n) is 2.59. The minimum absolute atomic E-state index is 0.0121. The van der Waals surface area contributed by atoms with Crippen molar-refractivity contribution in [2.45, 2.75) is 25.9 Å². The van der Waals surface area contributed by atoms with Crippen LogP contribution in [0.1, 0.15) is 24.1 Å². The third kappa shape index (κ3) is 2.79. The molecule has 1 aromatic carbocycles. The Morgan fingerprint density at radius 2 is 2.14 bits per heavy atom. The van der Waals surface area contributed by atoms with E-state index in [1.54, 1.807) is 0 Å². The van der Waals surface area contributed by atoms with E-state index in [1.165, 1.54) is 0 Å². The number of hydrazine groups is 1. The third-order valence-electron chi connectivity index (χ3n) is 3.69. The van der Waals surface area contributed by atoms with Crippen LogP contribution in [0.25, 0.3) is 10.9 Å². The number of aromatic nitrogens is 3. The Morgan fingerprint density at radius 3 is 2.90 bits per heavy atom. The fourth-order valence-corrected chi connectivity index (χ4v) is 2.59. The van der Waals surface area contributed by atoms with E-state index in [0.717, 1.165) is 35.0 Å². The molecule has 0 fully saturated rings. The molecule has 3 N–H and O–H groups in total. The number of fused-ring (bicyclic) bond motifs is 1. The van der Waals surface area contributed by atoms with Crippen LogP contribution in [0.2, 0.25) is 0 Å². The highest BCUT2D eigenvalue weighted by atomic mass is 15.3. The summed E-state index contributed by atoms with van der Waals surface area (Å²) in [4.78, 5) is 4.50. The standard InChI is InChI=1S/C16H19N5/c1-2-21-11-12(10-19-21)9-15(20-17)14-7-3-5-13-6-4-8-18-16(13)14/h3-8,10-11,15,20H,2,9,17H2,1H3. The summed E-state index contributed by atoms with van der Waals surface area (Å²) >= 11 is 0. The highest BCUT2D eigenvalue weighted by Gasteiger charge is 2.15. The van der Waals surface area contributed by atoms with Gasteiger partial charge in [0.25, 0.3) is 0 Å². The molecule has 3 rings (SSSR count). The first-order valence-electron chi connectivity index (χ1n) is 7.13. The zero-order valence-electron chi connectivity index (χ0n) is 12.0. The molecule has 0 saturated carbocycles. The highest BCUT2D eigenvalue weighted by molar-refractivity contribution is 5.82. The zero-order chi connectivity index (χ0) is 14.7. The Hall–Kier alpha value is -2.24. The maximum atomic E-state index is 5.78. The molecule has 3 aromatic rings. The molecule has 0 aliphatic carbocycles. The van der Waals surface area contributed by atoms with E-state index in [2.05, 4.69) is 46.8 Å². The number of hydrogen-bond donors (Lipinski definition) is 2. The molecule has 108 valence electrons. The lowest BCUT2D eigenvalue weighted by Crippen LogP contribution is -2.29. The predicted octanol–water partition coefficient (Wildman–Crippen LogP) is 2.20. The van der Waals surface area contributed by atoms with Crippen molar-refractivity contribution in [2.75, 3.05) is 0 Å². The molecule has 0 amide bonds. The average Bonchev–Trinajstić information content (AvgIpc) is 3.00. The van der Waals surface area contributed by atoms with E-state index >= 15 is 0 Å². The van der Waals surface area contributed by atoms with Gasteiger partial charge in [0.1, 0.15) is 0 Å². The van der Waals surface area contributed by atoms with Gasteiger partial charge in [0.15, 0.2) is 0 Å². The first-order valence-corrected chi connectivity index (χ1v) is 7.13. The summed E-state index contributed by atoms with van der Waals surface area (Å²) in [5.41, 5.74) is 6.17. The van der Waals surface area contributed by atoms with Gasteiger partial charge in [0.2, 0.25) is 0 Å². The Labute approximate surface area is 123 Å². The summed E-state index contributed by atoms with van der Waals surface area (Å²) in [6.45, 7) is 2.95. The second-order valence-electron chi connectivity index (χ2n) is 5.05. The van der Waals surface area contributed by atoms with Gasteiger partial charge in [-0.05, 0) is 30.5 Å². The summed E-state index contributed by atoms with van der Waals surface area (Å²) in [7, 11) is 0. The molecule has 1 unspecified atom stereocenters. The molecule has 21 heavy (non-hydrogen) atoms. The van der Waals surface area contributed by atoms with Crippen LogP contribution in [-0.2, 0) is 13.0 Å². The molecule has 5 heteroatoms. The number of benzene rings is 1. The van der Waals surface area contributed by atoms with Crippen LogP contribution in [0.4, 0.5) is 0 Å². The quantitative estimate of drug-likeness (QED) is 0.555. The lowest BCUT2D eigenvalue weighted by atomic mass is 9.98. The number of nitrogens with two attached hydrogens (primary N) is 1. The lowest BCUT2D eigenvalue weighted by molar-refractivity contribution is 0.554. The summed E-state index contributed by atoms with van der Waals surface area (Å²) in [6, 6.07) is 10.2. The molecule has 5 nitrogen and oxygen atoms in total. The van der Waals surface area contributed by atoms with Gasteiger partial charge in [-0.2, -0.15) is 5.10 Å². The number of pyridine rings is 1. The normalized spacial score (nSPS) is 12.7. The highest BCUT2D eigenvalue weighted by Crippen LogP contribution is 2.24. The molecule has 0 radical (unpaired) electrons. The van der Waals surface area contributed by atoms with Crippen molar-refractivity contribution in [1.29, 1.82) is 0 Å². The van der Waals surface area contributed by atoms with Crippen LogP contribution in [0, 0.1) is 0 Å². The smallest absolute Gasteiger partial charge is 0.0750 e. The number of nitrogens with one attached hydrogen (secondary N) is 1. The molecule has 0 saturated heterocycles. The third-order valence-corrected chi connectivity index (χ3v) is 3.69. The molecule has 1 atom stereocenters. The van der Waals surface area contributed by atoms with Gasteiger partial charge in [-0.1, -0.05) is 24.3 Å². The summed E-state index contributed by atoms with van der Waals surface area (Å²) in [6.07, 6.45) is 6.55. The molecule has 2 heterocycles. The van der Waals surface area contributed by atoms with Gasteiger partial charge < -0.3 is 0 Å². The molecule has 0 aliphatic rings. The van der Waals surface area contributed by atoms with E-state index in [0.29, 0.717) is 0 Å². The molecular weight excluding hydrogens is 262 g/mol. The van der Waals surface area contributed by atoms with E-state index in [4.69, 9.17) is 5.84 Å². The maximum absolute atomic E-state index is 5.78. The second kappa shape index (κ2) is 6.03. The Kier molecular flexibility index (Phi) is 3.94. The number of rotatable bonds is 5. The molecule has 0 bridgehead atoms. The van der Waals surface area contributed by atoms with E-state index in [9.17, 15) is 0 Å². The minimum Gasteiger partial charge on any atom is -0.273 e. The number of hydrogen-bond acceptors (Lipinski definition) is 4. The van der Waals surface area contributed by atoms with Gasteiger partial charge in [-0.3, -0.25) is 20.9 Å². The molecule has 2 aromatic heterocycles. The van der Waals surface area contributed by atoms with Crippen molar-refractivity contribution in [1.82, 2.24) is 20.2 Å². The van der Waals surface area contributed by atoms with E-state index in [1.807, 2.05) is 29.2 Å². The Morgan fingerprint density at radius 1 is 1.29 bits per heavy atom. The lowest BCUT2D eigenvalue weighted by Gasteiger charge is -2.17. The van der Waals surface area contributed by atoms with Gasteiger partial charge in [-0.15, -0.1) is 0 Å². The molecule has 0 aliphatic heterocycles. The van der Waals surface area contributed by atoms with Gasteiger partial charge in [-0.25, -0.2) is 0 Å². The van der Waals surface area contributed by atoms with Crippen molar-refractivity contribution in [2.24, 2.45) is 5.84 Å². The number of nitrogens with zero attached hydrogens (tertiary/aromatic N) is 3. The van der Waals surface area contributed by atoms with Crippen molar-refractivity contribution >= 4 is 10.9 Å². The SMILES string of the molecule is CCn1cc(CC(NN)c2cccc3cccnc23)cn1. The zero-order valence-corrected chi connectivity index (χ0v) is 12.0. The van der Waals surface area contributed by atoms with Crippen LogP contribution in [-0.4, -0.2) is 14.8 Å². The fraction of sp³-hybridized carbons (Fsp3) is 0.250. The van der Waals surface area contributed by atoms with Crippen molar-refractivity contribution < 1.29 is 0 Å². The second-order valence-corrected chi connectivity index (χ2v) is 5.05. The van der Waals surface area contributed by atoms with Crippen molar-refractivity contribution in [3.05, 3.63) is 60.0 Å². The largest absolute Gasteiger partial charge is 0.273 e. The van der Waals surface area contributed by atoms with Crippen molar-refractivity contribution in [3.8, 4) is 0 Å². The molecular formula is C16H19N5. The van der Waals surface area contributed by atoms with E-state index in [-0.39, 0.29) is 6.04 Å². The van der Waals surface area contributed by atoms with Crippen LogP contribution in [0.15, 0.2) is 48.9 Å². The number of aryl methyl sites for hydroxylation is 1. The summed E-state index contributed by atoms with van der Waals surface area (Å²) in [5, 5.41) is 5.44. The summed E-state index contributed by atoms with van der Waals surface area (Å²) in [5.74, 6) is 5.78. The Bertz CT molecular complexity index is 729. The Balaban J connectivity index is 1.94. The molecule has 0 spiro atoms. The van der Waals surface area contributed by atoms with Gasteiger partial charge >= 0.3 is 0 Å². The summed E-state index contributed by atoms with van der Waals surface area (Å²) < 4.78 is 1.92. The first-order chi connectivity index (χ1) is 10.3. The van der Waals surface area contributed by atoms with Crippen molar-refractivity contribution in [3.63, 3.8) is 0 Å². The van der Waals surface area contributed by atoms with Gasteiger partial charge in [0, 0.05) is 24.3 Å². The van der Waals surface area contributed by atoms with E-state index < -0.39 is 0 Å². The van der Waals surface area contributed by atoms with Gasteiger partial charge in [0.05, 0.1) is 17.8 Å². The maximum Gasteiger partial charge on any atom is 0.0750 e. The van der Waals surface area contributed by atoms with Crippen LogP contribution in [0.3, 0.4) is 0 Å². The van der Waals surface area contributed by atoms with Crippen LogP contribution >= 0.6 is 0 Å². The average molecular weight is 281 g/mol.